The van der Waals surface area contributed by atoms with Gasteiger partial charge in [0.15, 0.2) is 16.6 Å². The first-order valence-electron chi connectivity index (χ1n) is 11.5. The minimum atomic E-state index is -2.22. The van der Waals surface area contributed by atoms with E-state index in [4.69, 9.17) is 13.6 Å². The van der Waals surface area contributed by atoms with Crippen LogP contribution in [-0.4, -0.2) is 52.8 Å². The number of aliphatic hydroxyl groups is 1. The van der Waals surface area contributed by atoms with Crippen molar-refractivity contribution < 1.29 is 18.7 Å². The topological polar surface area (TPSA) is 47.9 Å². The second kappa shape index (κ2) is 9.62. The van der Waals surface area contributed by atoms with Crippen LogP contribution < -0.4 is 0 Å². The fourth-order valence-corrected chi connectivity index (χ4v) is 5.63. The van der Waals surface area contributed by atoms with Crippen LogP contribution in [0.25, 0.3) is 0 Å². The van der Waals surface area contributed by atoms with Gasteiger partial charge in [0.1, 0.15) is 18.3 Å². The van der Waals surface area contributed by atoms with Crippen molar-refractivity contribution >= 4 is 16.6 Å². The molecule has 1 heterocycles. The minimum absolute atomic E-state index is 0.00699. The molecule has 32 heavy (non-hydrogen) atoms. The van der Waals surface area contributed by atoms with Crippen LogP contribution in [0.3, 0.4) is 0 Å². The molecule has 2 rings (SSSR count). The SMILES string of the molecule is CC(C)(C)[Si](C)(C)O[C@@H]1C=C2C#C/C=C\COCC#CC[C@@]2(O)[C@H]1O[Si](C)(C)C(C)(C)C. The Kier molecular flexibility index (Phi) is 8.16. The number of hydrogen-bond donors (Lipinski definition) is 1. The minimum Gasteiger partial charge on any atom is -0.408 e. The second-order valence-electron chi connectivity index (χ2n) is 11.9. The van der Waals surface area contributed by atoms with Gasteiger partial charge in [0.2, 0.25) is 0 Å². The smallest absolute Gasteiger partial charge is 0.193 e. The molecule has 0 amide bonds. The van der Waals surface area contributed by atoms with E-state index in [9.17, 15) is 5.11 Å². The molecule has 0 saturated carbocycles. The van der Waals surface area contributed by atoms with E-state index in [1.54, 1.807) is 6.08 Å². The number of ether oxygens (including phenoxy) is 1. The van der Waals surface area contributed by atoms with Gasteiger partial charge in [-0.15, -0.1) is 0 Å². The van der Waals surface area contributed by atoms with Gasteiger partial charge in [-0.1, -0.05) is 71.3 Å². The van der Waals surface area contributed by atoms with E-state index < -0.39 is 28.3 Å². The number of allylic oxidation sites excluding steroid dienone is 1. The average Bonchev–Trinajstić information content (AvgIpc) is 2.85. The predicted molar refractivity (Wildman–Crippen MR) is 137 cm³/mol. The van der Waals surface area contributed by atoms with E-state index in [0.717, 1.165) is 0 Å². The van der Waals surface area contributed by atoms with Crippen LogP contribution in [0.2, 0.25) is 36.3 Å². The van der Waals surface area contributed by atoms with Gasteiger partial charge in [0, 0.05) is 12.0 Å². The van der Waals surface area contributed by atoms with Crippen LogP contribution in [0.5, 0.6) is 0 Å². The molecule has 0 unspecified atom stereocenters. The summed E-state index contributed by atoms with van der Waals surface area (Å²) in [7, 11) is -4.35. The van der Waals surface area contributed by atoms with Gasteiger partial charge in [-0.05, 0) is 48.4 Å². The summed E-state index contributed by atoms with van der Waals surface area (Å²) in [5, 5.41) is 12.1. The Morgan fingerprint density at radius 1 is 1.00 bits per heavy atom. The molecular formula is C26H42O4Si2. The summed E-state index contributed by atoms with van der Waals surface area (Å²) >= 11 is 0. The van der Waals surface area contributed by atoms with E-state index >= 15 is 0 Å². The van der Waals surface area contributed by atoms with Gasteiger partial charge < -0.3 is 18.7 Å². The lowest BCUT2D eigenvalue weighted by molar-refractivity contribution is -0.0606. The summed E-state index contributed by atoms with van der Waals surface area (Å²) in [5.74, 6) is 12.4. The highest BCUT2D eigenvalue weighted by Gasteiger charge is 2.55. The van der Waals surface area contributed by atoms with Gasteiger partial charge >= 0.3 is 0 Å². The summed E-state index contributed by atoms with van der Waals surface area (Å²) < 4.78 is 19.2. The lowest BCUT2D eigenvalue weighted by atomic mass is 9.89. The molecule has 0 radical (unpaired) electrons. The first-order valence-corrected chi connectivity index (χ1v) is 17.3. The molecule has 0 aromatic rings. The highest BCUT2D eigenvalue weighted by molar-refractivity contribution is 6.74. The van der Waals surface area contributed by atoms with Crippen LogP contribution in [0, 0.1) is 23.7 Å². The maximum Gasteiger partial charge on any atom is 0.193 e. The van der Waals surface area contributed by atoms with Crippen molar-refractivity contribution in [2.75, 3.05) is 13.2 Å². The van der Waals surface area contributed by atoms with Crippen molar-refractivity contribution in [3.63, 3.8) is 0 Å². The molecule has 0 saturated heterocycles. The third kappa shape index (κ3) is 6.05. The highest BCUT2D eigenvalue weighted by atomic mass is 28.4. The molecule has 0 fully saturated rings. The van der Waals surface area contributed by atoms with Crippen LogP contribution in [0.4, 0.5) is 0 Å². The van der Waals surface area contributed by atoms with Crippen molar-refractivity contribution in [2.45, 2.75) is 102 Å². The average molecular weight is 475 g/mol. The molecule has 3 atom stereocenters. The molecule has 0 spiro atoms. The second-order valence-corrected chi connectivity index (χ2v) is 21.4. The summed E-state index contributed by atoms with van der Waals surface area (Å²) in [6.45, 7) is 23.0. The number of fused-ring (bicyclic) bond motifs is 1. The summed E-state index contributed by atoms with van der Waals surface area (Å²) in [5.41, 5.74) is -0.680. The van der Waals surface area contributed by atoms with Gasteiger partial charge in [-0.2, -0.15) is 0 Å². The quantitative estimate of drug-likeness (QED) is 0.436. The van der Waals surface area contributed by atoms with Crippen molar-refractivity contribution in [1.82, 2.24) is 0 Å². The molecular weight excluding hydrogens is 432 g/mol. The van der Waals surface area contributed by atoms with E-state index in [1.807, 2.05) is 12.2 Å². The van der Waals surface area contributed by atoms with Crippen molar-refractivity contribution in [3.05, 3.63) is 23.8 Å². The van der Waals surface area contributed by atoms with Crippen molar-refractivity contribution in [1.29, 1.82) is 0 Å². The van der Waals surface area contributed by atoms with Crippen molar-refractivity contribution in [3.8, 4) is 23.7 Å². The van der Waals surface area contributed by atoms with Gasteiger partial charge in [-0.25, -0.2) is 0 Å². The molecule has 2 aliphatic rings. The Bertz CT molecular complexity index is 866. The predicted octanol–water partition coefficient (Wildman–Crippen LogP) is 5.42. The fraction of sp³-hybridized carbons (Fsp3) is 0.692. The number of rotatable bonds is 4. The van der Waals surface area contributed by atoms with E-state index in [1.165, 1.54) is 0 Å². The van der Waals surface area contributed by atoms with E-state index in [2.05, 4.69) is 91.4 Å². The number of hydrogen-bond acceptors (Lipinski definition) is 4. The Balaban J connectivity index is 2.57. The zero-order valence-electron chi connectivity index (χ0n) is 21.7. The first kappa shape index (κ1) is 27.1. The maximum absolute atomic E-state index is 12.0. The summed E-state index contributed by atoms with van der Waals surface area (Å²) in [4.78, 5) is 0. The summed E-state index contributed by atoms with van der Waals surface area (Å²) in [6, 6.07) is 0. The molecule has 178 valence electrons. The van der Waals surface area contributed by atoms with Gasteiger partial charge in [0.25, 0.3) is 0 Å². The standard InChI is InChI=1S/C26H42O4Si2/c1-24(2,3)31(7,8)29-22-20-21-16-12-11-14-18-28-19-15-13-17-26(21,27)23(22)30-32(9,10)25(4,5)6/h11,14,20,22-23,27H,17-19H2,1-10H3/b14-11-/t22-,23+,26+/m1/s1. The molecule has 0 aromatic heterocycles. The zero-order valence-corrected chi connectivity index (χ0v) is 23.7. The lowest BCUT2D eigenvalue weighted by Crippen LogP contribution is -2.57. The molecule has 1 N–H and O–H groups in total. The lowest BCUT2D eigenvalue weighted by Gasteiger charge is -2.46. The Labute approximate surface area is 198 Å². The van der Waals surface area contributed by atoms with Gasteiger partial charge in [-0.3, -0.25) is 0 Å². The fourth-order valence-electron chi connectivity index (χ4n) is 3.09. The summed E-state index contributed by atoms with van der Waals surface area (Å²) in [6.07, 6.45) is 4.93. The zero-order chi connectivity index (χ0) is 24.4. The Morgan fingerprint density at radius 3 is 2.19 bits per heavy atom. The van der Waals surface area contributed by atoms with Crippen LogP contribution in [0.1, 0.15) is 48.0 Å². The molecule has 4 nitrogen and oxygen atoms in total. The molecule has 0 aromatic carbocycles. The Hall–Kier alpha value is -1.13. The molecule has 6 heteroatoms. The van der Waals surface area contributed by atoms with Crippen LogP contribution >= 0.6 is 0 Å². The van der Waals surface area contributed by atoms with Gasteiger partial charge in [0.05, 0.1) is 12.7 Å². The first-order chi connectivity index (χ1) is 14.5. The molecule has 0 bridgehead atoms. The van der Waals surface area contributed by atoms with E-state index in [-0.39, 0.29) is 22.6 Å². The van der Waals surface area contributed by atoms with Crippen LogP contribution in [-0.2, 0) is 13.6 Å². The van der Waals surface area contributed by atoms with Crippen molar-refractivity contribution in [2.24, 2.45) is 0 Å². The molecule has 1 aliphatic heterocycles. The largest absolute Gasteiger partial charge is 0.408 e. The third-order valence-electron chi connectivity index (χ3n) is 7.31. The van der Waals surface area contributed by atoms with E-state index in [0.29, 0.717) is 18.8 Å². The highest BCUT2D eigenvalue weighted by Crippen LogP contribution is 2.46. The molecule has 1 aliphatic carbocycles. The Morgan fingerprint density at radius 2 is 1.59 bits per heavy atom. The normalized spacial score (nSPS) is 28.2. The third-order valence-corrected chi connectivity index (χ3v) is 16.2. The van der Waals surface area contributed by atoms with Crippen LogP contribution in [0.15, 0.2) is 23.8 Å². The monoisotopic (exact) mass is 474 g/mol. The maximum atomic E-state index is 12.0.